The van der Waals surface area contributed by atoms with Crippen LogP contribution in [0.5, 0.6) is 0 Å². The maximum Gasteiger partial charge on any atom is 0.255 e. The quantitative estimate of drug-likeness (QED) is 0.311. The van der Waals surface area contributed by atoms with E-state index in [4.69, 9.17) is 9.41 Å². The summed E-state index contributed by atoms with van der Waals surface area (Å²) in [6, 6.07) is 18.2. The van der Waals surface area contributed by atoms with Crippen molar-refractivity contribution in [2.24, 2.45) is 16.3 Å². The third-order valence-corrected chi connectivity index (χ3v) is 8.01. The Bertz CT molecular complexity index is 1340. The summed E-state index contributed by atoms with van der Waals surface area (Å²) in [6.07, 6.45) is 6.55. The fourth-order valence-electron chi connectivity index (χ4n) is 4.80. The van der Waals surface area contributed by atoms with E-state index in [1.165, 1.54) is 15.8 Å². The number of nitrogens with one attached hydrogen (secondary N) is 1. The number of nitrogens with zero attached hydrogens (tertiary/aromatic N) is 1. The molecule has 5 rings (SSSR count). The van der Waals surface area contributed by atoms with Crippen LogP contribution in [0.3, 0.4) is 0 Å². The monoisotopic (exact) mass is 470 g/mol. The maximum atomic E-state index is 13.4. The Kier molecular flexibility index (Phi) is 6.13. The molecule has 4 nitrogen and oxygen atoms in total. The molecule has 34 heavy (non-hydrogen) atoms. The summed E-state index contributed by atoms with van der Waals surface area (Å²) in [6.45, 7) is 7.31. The molecule has 5 heteroatoms. The van der Waals surface area contributed by atoms with Gasteiger partial charge in [-0.05, 0) is 59.1 Å². The molecule has 2 aromatic heterocycles. The Morgan fingerprint density at radius 3 is 2.76 bits per heavy atom. The summed E-state index contributed by atoms with van der Waals surface area (Å²) in [4.78, 5) is 19.6. The number of carbonyl (C=O) groups excluding carboxylic acids is 1. The van der Waals surface area contributed by atoms with Gasteiger partial charge in [0.1, 0.15) is 10.8 Å². The minimum Gasteiger partial charge on any atom is -0.467 e. The molecule has 0 aliphatic heterocycles. The van der Waals surface area contributed by atoms with Crippen LogP contribution in [0, 0.1) is 11.3 Å². The number of amides is 1. The van der Waals surface area contributed by atoms with Gasteiger partial charge in [0, 0.05) is 16.7 Å². The Morgan fingerprint density at radius 2 is 1.97 bits per heavy atom. The molecule has 1 aliphatic carbocycles. The predicted molar refractivity (Wildman–Crippen MR) is 140 cm³/mol. The van der Waals surface area contributed by atoms with Crippen molar-refractivity contribution >= 4 is 39.2 Å². The number of hydrogen-bond acceptors (Lipinski definition) is 4. The van der Waals surface area contributed by atoms with Gasteiger partial charge in [0.05, 0.1) is 18.4 Å². The second-order valence-electron chi connectivity index (χ2n) is 10.1. The number of benzene rings is 2. The number of rotatable bonds is 5. The Labute approximate surface area is 204 Å². The highest BCUT2D eigenvalue weighted by Crippen LogP contribution is 2.45. The van der Waals surface area contributed by atoms with Crippen LogP contribution in [-0.4, -0.2) is 12.1 Å². The third kappa shape index (κ3) is 4.58. The first-order valence-electron chi connectivity index (χ1n) is 11.9. The summed E-state index contributed by atoms with van der Waals surface area (Å²) >= 11 is 1.68. The molecule has 0 spiro atoms. The van der Waals surface area contributed by atoms with Crippen LogP contribution in [0.1, 0.15) is 59.3 Å². The molecule has 1 atom stereocenters. The average Bonchev–Trinajstić information content (AvgIpc) is 3.47. The van der Waals surface area contributed by atoms with E-state index in [9.17, 15) is 4.79 Å². The van der Waals surface area contributed by atoms with Gasteiger partial charge < -0.3 is 9.73 Å². The van der Waals surface area contributed by atoms with E-state index in [2.05, 4.69) is 50.4 Å². The number of carbonyl (C=O) groups is 1. The minimum absolute atomic E-state index is 0.0758. The lowest BCUT2D eigenvalue weighted by molar-refractivity contribution is 0.0947. The zero-order valence-electron chi connectivity index (χ0n) is 19.9. The first-order valence-corrected chi connectivity index (χ1v) is 12.7. The molecule has 1 N–H and O–H groups in total. The fraction of sp³-hybridized carbons (Fsp3) is 0.310. The van der Waals surface area contributed by atoms with E-state index >= 15 is 0 Å². The van der Waals surface area contributed by atoms with Gasteiger partial charge in [0.2, 0.25) is 0 Å². The van der Waals surface area contributed by atoms with Crippen LogP contribution in [-0.2, 0) is 19.4 Å². The molecule has 2 heterocycles. The molecule has 0 saturated carbocycles. The molecule has 0 radical (unpaired) electrons. The molecule has 2 aromatic carbocycles. The molecule has 0 saturated heterocycles. The highest BCUT2D eigenvalue weighted by molar-refractivity contribution is 7.16. The third-order valence-electron chi connectivity index (χ3n) is 6.85. The van der Waals surface area contributed by atoms with Crippen LogP contribution in [0.2, 0.25) is 0 Å². The van der Waals surface area contributed by atoms with Gasteiger partial charge in [-0.2, -0.15) is 0 Å². The van der Waals surface area contributed by atoms with Crippen molar-refractivity contribution in [3.63, 3.8) is 0 Å². The summed E-state index contributed by atoms with van der Waals surface area (Å²) in [5, 5.41) is 6.18. The topological polar surface area (TPSA) is 54.6 Å². The van der Waals surface area contributed by atoms with Crippen molar-refractivity contribution in [3.05, 3.63) is 88.2 Å². The largest absolute Gasteiger partial charge is 0.467 e. The zero-order chi connectivity index (χ0) is 23.7. The molecular formula is C29H30N2O2S. The van der Waals surface area contributed by atoms with Crippen molar-refractivity contribution in [2.75, 3.05) is 0 Å². The molecular weight excluding hydrogens is 440 g/mol. The number of hydrogen-bond donors (Lipinski definition) is 1. The van der Waals surface area contributed by atoms with Crippen LogP contribution >= 0.6 is 11.3 Å². The molecule has 174 valence electrons. The number of furan rings is 1. The lowest BCUT2D eigenvalue weighted by Gasteiger charge is -2.33. The second-order valence-corrected chi connectivity index (χ2v) is 11.2. The Hall–Kier alpha value is -3.18. The SMILES string of the molecule is CC(C)(C)[C@H]1CCc2c(sc(N=Cc3cccc4ccccc34)c2C(=O)NCc2ccco2)C1. The van der Waals surface area contributed by atoms with Gasteiger partial charge in [-0.3, -0.25) is 4.79 Å². The normalized spacial score (nSPS) is 16.1. The van der Waals surface area contributed by atoms with Gasteiger partial charge in [-0.15, -0.1) is 11.3 Å². The van der Waals surface area contributed by atoms with E-state index in [1.54, 1.807) is 17.6 Å². The summed E-state index contributed by atoms with van der Waals surface area (Å²) < 4.78 is 5.40. The van der Waals surface area contributed by atoms with Gasteiger partial charge >= 0.3 is 0 Å². The van der Waals surface area contributed by atoms with Crippen molar-refractivity contribution in [1.29, 1.82) is 0 Å². The maximum absolute atomic E-state index is 13.4. The molecule has 4 aromatic rings. The van der Waals surface area contributed by atoms with E-state index in [1.807, 2.05) is 36.5 Å². The van der Waals surface area contributed by atoms with Gasteiger partial charge in [-0.1, -0.05) is 63.2 Å². The van der Waals surface area contributed by atoms with Crippen molar-refractivity contribution in [1.82, 2.24) is 5.32 Å². The Balaban J connectivity index is 1.50. The first-order chi connectivity index (χ1) is 16.4. The number of fused-ring (bicyclic) bond motifs is 2. The Morgan fingerprint density at radius 1 is 1.15 bits per heavy atom. The lowest BCUT2D eigenvalue weighted by atomic mass is 9.72. The molecule has 0 fully saturated rings. The zero-order valence-corrected chi connectivity index (χ0v) is 20.7. The summed E-state index contributed by atoms with van der Waals surface area (Å²) in [5.74, 6) is 1.27. The molecule has 1 amide bonds. The lowest BCUT2D eigenvalue weighted by Crippen LogP contribution is -2.28. The van der Waals surface area contributed by atoms with Crippen molar-refractivity contribution in [2.45, 2.75) is 46.6 Å². The standard InChI is InChI=1S/C29H30N2O2S/c1-29(2,3)21-13-14-24-25(16-21)34-28(26(24)27(32)30-18-22-11-7-15-33-22)31-17-20-10-6-9-19-8-4-5-12-23(19)20/h4-12,15,17,21H,13-14,16,18H2,1-3H3,(H,30,32)/t21-/m0/s1. The fourth-order valence-corrected chi connectivity index (χ4v) is 6.06. The van der Waals surface area contributed by atoms with Crippen LogP contribution in [0.25, 0.3) is 10.8 Å². The molecule has 1 aliphatic rings. The molecule has 0 unspecified atom stereocenters. The van der Waals surface area contributed by atoms with Crippen molar-refractivity contribution < 1.29 is 9.21 Å². The predicted octanol–water partition coefficient (Wildman–Crippen LogP) is 7.33. The van der Waals surface area contributed by atoms with Gasteiger partial charge in [0.25, 0.3) is 5.91 Å². The molecule has 0 bridgehead atoms. The van der Waals surface area contributed by atoms with E-state index in [0.29, 0.717) is 12.5 Å². The van der Waals surface area contributed by atoms with E-state index in [-0.39, 0.29) is 11.3 Å². The first kappa shape index (κ1) is 22.6. The van der Waals surface area contributed by atoms with E-state index in [0.717, 1.165) is 46.5 Å². The summed E-state index contributed by atoms with van der Waals surface area (Å²) in [7, 11) is 0. The number of aliphatic imine (C=N–C) groups is 1. The smallest absolute Gasteiger partial charge is 0.255 e. The van der Waals surface area contributed by atoms with Crippen LogP contribution in [0.15, 0.2) is 70.3 Å². The van der Waals surface area contributed by atoms with Gasteiger partial charge in [0.15, 0.2) is 0 Å². The summed E-state index contributed by atoms with van der Waals surface area (Å²) in [5.41, 5.74) is 3.21. The minimum atomic E-state index is -0.0758. The highest BCUT2D eigenvalue weighted by Gasteiger charge is 2.33. The van der Waals surface area contributed by atoms with Gasteiger partial charge in [-0.25, -0.2) is 4.99 Å². The number of thiophene rings is 1. The second kappa shape index (κ2) is 9.22. The highest BCUT2D eigenvalue weighted by atomic mass is 32.1. The van der Waals surface area contributed by atoms with E-state index < -0.39 is 0 Å². The van der Waals surface area contributed by atoms with Crippen LogP contribution < -0.4 is 5.32 Å². The van der Waals surface area contributed by atoms with Crippen LogP contribution in [0.4, 0.5) is 5.00 Å². The average molecular weight is 471 g/mol. The van der Waals surface area contributed by atoms with Crippen molar-refractivity contribution in [3.8, 4) is 0 Å².